The summed E-state index contributed by atoms with van der Waals surface area (Å²) in [7, 11) is -3.82. The van der Waals surface area contributed by atoms with Gasteiger partial charge in [-0.25, -0.2) is 12.4 Å². The van der Waals surface area contributed by atoms with E-state index < -0.39 is 10.0 Å². The van der Waals surface area contributed by atoms with Crippen molar-refractivity contribution in [1.82, 2.24) is 3.97 Å². The number of nitrogens with two attached hydrogens (primary N) is 2. The zero-order chi connectivity index (χ0) is 19.8. The van der Waals surface area contributed by atoms with Crippen LogP contribution in [0.2, 0.25) is 5.02 Å². The highest BCUT2D eigenvalue weighted by Gasteiger charge is 2.26. The molecule has 0 spiro atoms. The average molecular weight is 404 g/mol. The van der Waals surface area contributed by atoms with Crippen molar-refractivity contribution >= 4 is 44.2 Å². The van der Waals surface area contributed by atoms with E-state index in [-0.39, 0.29) is 10.9 Å². The molecule has 0 atom stereocenters. The summed E-state index contributed by atoms with van der Waals surface area (Å²) in [5, 5.41) is 8.80. The van der Waals surface area contributed by atoms with Gasteiger partial charge >= 0.3 is 0 Å². The molecule has 0 aliphatic rings. The molecule has 4 N–H and O–H groups in total. The molecule has 140 valence electrons. The van der Waals surface area contributed by atoms with Crippen molar-refractivity contribution in [2.24, 2.45) is 21.7 Å². The first-order valence-corrected chi connectivity index (χ1v) is 9.80. The van der Waals surface area contributed by atoms with Gasteiger partial charge in [-0.05, 0) is 44.2 Å². The minimum atomic E-state index is -3.82. The van der Waals surface area contributed by atoms with Crippen LogP contribution in [0.15, 0.2) is 63.6 Å². The van der Waals surface area contributed by atoms with Gasteiger partial charge in [0.25, 0.3) is 10.0 Å². The van der Waals surface area contributed by atoms with E-state index >= 15 is 0 Å². The Morgan fingerprint density at radius 1 is 1.07 bits per heavy atom. The zero-order valence-electron chi connectivity index (χ0n) is 14.7. The van der Waals surface area contributed by atoms with Crippen LogP contribution in [-0.2, 0) is 10.0 Å². The summed E-state index contributed by atoms with van der Waals surface area (Å²) < 4.78 is 27.8. The lowest BCUT2D eigenvalue weighted by atomic mass is 10.1. The minimum absolute atomic E-state index is 0.185. The lowest BCUT2D eigenvalue weighted by molar-refractivity contribution is 0.588. The van der Waals surface area contributed by atoms with Crippen LogP contribution in [0.4, 0.5) is 0 Å². The summed E-state index contributed by atoms with van der Waals surface area (Å²) in [6, 6.07) is 13.2. The van der Waals surface area contributed by atoms with Crippen molar-refractivity contribution in [3.05, 3.63) is 64.8 Å². The van der Waals surface area contributed by atoms with Gasteiger partial charge in [0.2, 0.25) is 5.96 Å². The molecule has 0 amide bonds. The minimum Gasteiger partial charge on any atom is -0.369 e. The first kappa shape index (κ1) is 18.9. The number of hydrogen-bond acceptors (Lipinski definition) is 4. The Morgan fingerprint density at radius 3 is 2.37 bits per heavy atom. The third-order valence-corrected chi connectivity index (χ3v) is 6.13. The van der Waals surface area contributed by atoms with Crippen molar-refractivity contribution < 1.29 is 8.42 Å². The fourth-order valence-corrected chi connectivity index (χ4v) is 4.76. The van der Waals surface area contributed by atoms with Gasteiger partial charge < -0.3 is 11.5 Å². The van der Waals surface area contributed by atoms with Gasteiger partial charge in [0, 0.05) is 21.7 Å². The standard InChI is InChI=1S/C18H18ClN5O2S/c1-11(22-23-18(20)21)17-12(2)24(16-9-8-13(19)10-15(16)17)27(25,26)14-6-4-3-5-7-14/h3-10H,1-2H3,(H4,20,21,23)/b22-11-. The molecular formula is C18H18ClN5O2S. The Morgan fingerprint density at radius 2 is 1.74 bits per heavy atom. The van der Waals surface area contributed by atoms with Crippen molar-refractivity contribution in [3.8, 4) is 0 Å². The number of guanidine groups is 1. The Balaban J connectivity index is 2.38. The normalized spacial score (nSPS) is 12.3. The first-order valence-electron chi connectivity index (χ1n) is 7.98. The second-order valence-electron chi connectivity index (χ2n) is 5.91. The van der Waals surface area contributed by atoms with Crippen molar-refractivity contribution in [2.45, 2.75) is 18.7 Å². The highest BCUT2D eigenvalue weighted by molar-refractivity contribution is 7.90. The molecule has 0 aliphatic heterocycles. The van der Waals surface area contributed by atoms with Crippen molar-refractivity contribution in [1.29, 1.82) is 0 Å². The molecule has 9 heteroatoms. The summed E-state index contributed by atoms with van der Waals surface area (Å²) in [4.78, 5) is 0.185. The Kier molecular flexibility index (Phi) is 4.95. The number of halogens is 1. The second-order valence-corrected chi connectivity index (χ2v) is 8.14. The Labute approximate surface area is 162 Å². The zero-order valence-corrected chi connectivity index (χ0v) is 16.3. The number of benzene rings is 2. The maximum absolute atomic E-state index is 13.3. The molecule has 1 aromatic heterocycles. The molecule has 3 rings (SSSR count). The predicted molar refractivity (Wildman–Crippen MR) is 109 cm³/mol. The van der Waals surface area contributed by atoms with E-state index in [1.54, 1.807) is 62.4 Å². The lowest BCUT2D eigenvalue weighted by Gasteiger charge is -2.10. The molecule has 3 aromatic rings. The van der Waals surface area contributed by atoms with Crippen LogP contribution in [0.1, 0.15) is 18.2 Å². The van der Waals surface area contributed by atoms with Crippen molar-refractivity contribution in [3.63, 3.8) is 0 Å². The maximum Gasteiger partial charge on any atom is 0.268 e. The highest BCUT2D eigenvalue weighted by atomic mass is 35.5. The van der Waals surface area contributed by atoms with Crippen LogP contribution in [0.3, 0.4) is 0 Å². The molecule has 7 nitrogen and oxygen atoms in total. The van der Waals surface area contributed by atoms with Gasteiger partial charge in [0.05, 0.1) is 16.1 Å². The number of aromatic nitrogens is 1. The SMILES string of the molecule is C/C(=N/N=C(N)N)c1c(C)n(S(=O)(=O)c2ccccc2)c2ccc(Cl)cc12. The van der Waals surface area contributed by atoms with Gasteiger partial charge in [0.1, 0.15) is 0 Å². The number of fused-ring (bicyclic) bond motifs is 1. The second kappa shape index (κ2) is 7.05. The first-order chi connectivity index (χ1) is 12.7. The molecule has 0 radical (unpaired) electrons. The summed E-state index contributed by atoms with van der Waals surface area (Å²) in [6.07, 6.45) is 0. The number of nitrogens with zero attached hydrogens (tertiary/aromatic N) is 3. The molecule has 27 heavy (non-hydrogen) atoms. The Hall–Kier alpha value is -2.84. The highest BCUT2D eigenvalue weighted by Crippen LogP contribution is 2.32. The van der Waals surface area contributed by atoms with E-state index in [0.29, 0.717) is 32.9 Å². The number of rotatable bonds is 4. The summed E-state index contributed by atoms with van der Waals surface area (Å²) in [5.41, 5.74) is 12.7. The van der Waals surface area contributed by atoms with Crippen molar-refractivity contribution in [2.75, 3.05) is 0 Å². The molecule has 0 aliphatic carbocycles. The molecular weight excluding hydrogens is 386 g/mol. The largest absolute Gasteiger partial charge is 0.369 e. The fourth-order valence-electron chi connectivity index (χ4n) is 3.01. The molecule has 0 bridgehead atoms. The van der Waals surface area contributed by atoms with E-state index in [4.69, 9.17) is 23.1 Å². The molecule has 0 saturated carbocycles. The van der Waals surface area contributed by atoms with Gasteiger partial charge in [-0.1, -0.05) is 29.8 Å². The molecule has 0 saturated heterocycles. The van der Waals surface area contributed by atoms with E-state index in [1.807, 2.05) is 0 Å². The monoisotopic (exact) mass is 403 g/mol. The molecule has 0 fully saturated rings. The third kappa shape index (κ3) is 3.41. The smallest absolute Gasteiger partial charge is 0.268 e. The number of hydrogen-bond donors (Lipinski definition) is 2. The van der Waals surface area contributed by atoms with Gasteiger partial charge in [0.15, 0.2) is 0 Å². The summed E-state index contributed by atoms with van der Waals surface area (Å²) in [6.45, 7) is 3.41. The average Bonchev–Trinajstić information content (AvgIpc) is 2.92. The van der Waals surface area contributed by atoms with Crippen LogP contribution in [0.25, 0.3) is 10.9 Å². The molecule has 2 aromatic carbocycles. The maximum atomic E-state index is 13.3. The lowest BCUT2D eigenvalue weighted by Crippen LogP contribution is -2.22. The van der Waals surface area contributed by atoms with Crippen LogP contribution >= 0.6 is 11.6 Å². The van der Waals surface area contributed by atoms with Crippen LogP contribution in [0.5, 0.6) is 0 Å². The quantitative estimate of drug-likeness (QED) is 0.395. The van der Waals surface area contributed by atoms with E-state index in [0.717, 1.165) is 0 Å². The van der Waals surface area contributed by atoms with E-state index in [2.05, 4.69) is 10.2 Å². The summed E-state index contributed by atoms with van der Waals surface area (Å²) >= 11 is 6.15. The van der Waals surface area contributed by atoms with Crippen LogP contribution < -0.4 is 11.5 Å². The fraction of sp³-hybridized carbons (Fsp3) is 0.111. The van der Waals surface area contributed by atoms with Gasteiger partial charge in [-0.3, -0.25) is 0 Å². The van der Waals surface area contributed by atoms with E-state index in [9.17, 15) is 8.42 Å². The van der Waals surface area contributed by atoms with Gasteiger partial charge in [-0.2, -0.15) is 5.10 Å². The third-order valence-electron chi connectivity index (χ3n) is 4.07. The molecule has 0 unspecified atom stereocenters. The summed E-state index contributed by atoms with van der Waals surface area (Å²) in [5.74, 6) is -0.189. The Bertz CT molecular complexity index is 1180. The van der Waals surface area contributed by atoms with E-state index in [1.165, 1.54) is 3.97 Å². The predicted octanol–water partition coefficient (Wildman–Crippen LogP) is 2.84. The van der Waals surface area contributed by atoms with Crippen LogP contribution in [-0.4, -0.2) is 24.1 Å². The van der Waals surface area contributed by atoms with Crippen LogP contribution in [0, 0.1) is 6.92 Å². The van der Waals surface area contributed by atoms with Gasteiger partial charge in [-0.15, -0.1) is 5.10 Å². The topological polar surface area (TPSA) is 116 Å². The molecule has 1 heterocycles.